The highest BCUT2D eigenvalue weighted by Gasteiger charge is 2.33. The van der Waals surface area contributed by atoms with Gasteiger partial charge in [-0.25, -0.2) is 9.78 Å². The Labute approximate surface area is 111 Å². The Kier molecular flexibility index (Phi) is 5.03. The van der Waals surface area contributed by atoms with E-state index in [2.05, 4.69) is 4.98 Å². The molecule has 1 heterocycles. The number of carboxylic acid groups (broad SMARTS) is 1. The number of carbonyl (C=O) groups excluding carboxylic acids is 1. The molecule has 0 saturated heterocycles. The molecule has 0 spiro atoms. The maximum Gasteiger partial charge on any atom is 0.406 e. The van der Waals surface area contributed by atoms with Crippen molar-refractivity contribution in [2.45, 2.75) is 6.18 Å². The average Bonchev–Trinajstić information content (AvgIpc) is 2.36. The quantitative estimate of drug-likeness (QED) is 0.836. The number of hydrogen-bond acceptors (Lipinski definition) is 4. The number of carboxylic acids is 1. The molecule has 110 valence electrons. The zero-order valence-corrected chi connectivity index (χ0v) is 10.1. The van der Waals surface area contributed by atoms with Crippen molar-refractivity contribution in [2.24, 2.45) is 0 Å². The average molecular weight is 292 g/mol. The largest absolute Gasteiger partial charge is 0.477 e. The molecule has 0 atom stereocenters. The standard InChI is InChI=1S/C11H11F3N2O4/c12-11(13,14)6-16(3-4-17)9(18)7-1-2-8(10(19)20)15-5-7/h1-2,5,17H,3-4,6H2,(H,19,20). The minimum atomic E-state index is -4.60. The van der Waals surface area contributed by atoms with Crippen LogP contribution >= 0.6 is 0 Å². The number of hydrogen-bond donors (Lipinski definition) is 2. The van der Waals surface area contributed by atoms with Crippen molar-refractivity contribution in [3.8, 4) is 0 Å². The number of nitrogens with zero attached hydrogens (tertiary/aromatic N) is 2. The van der Waals surface area contributed by atoms with E-state index in [0.29, 0.717) is 4.90 Å². The third-order valence-corrected chi connectivity index (χ3v) is 2.26. The fraction of sp³-hybridized carbons (Fsp3) is 0.364. The van der Waals surface area contributed by atoms with Gasteiger partial charge in [0.15, 0.2) is 0 Å². The van der Waals surface area contributed by atoms with Crippen molar-refractivity contribution in [2.75, 3.05) is 19.7 Å². The van der Waals surface area contributed by atoms with E-state index in [4.69, 9.17) is 10.2 Å². The smallest absolute Gasteiger partial charge is 0.406 e. The molecule has 0 aliphatic heterocycles. The van der Waals surface area contributed by atoms with Crippen molar-refractivity contribution >= 4 is 11.9 Å². The molecule has 2 N–H and O–H groups in total. The second-order valence-corrected chi connectivity index (χ2v) is 3.80. The summed E-state index contributed by atoms with van der Waals surface area (Å²) in [4.78, 5) is 26.2. The van der Waals surface area contributed by atoms with E-state index in [1.807, 2.05) is 0 Å². The maximum absolute atomic E-state index is 12.3. The lowest BCUT2D eigenvalue weighted by Crippen LogP contribution is -2.40. The van der Waals surface area contributed by atoms with Crippen molar-refractivity contribution in [1.29, 1.82) is 0 Å². The predicted molar refractivity (Wildman–Crippen MR) is 60.2 cm³/mol. The summed E-state index contributed by atoms with van der Waals surface area (Å²) < 4.78 is 36.9. The van der Waals surface area contributed by atoms with E-state index in [-0.39, 0.29) is 11.3 Å². The molecule has 1 rings (SSSR count). The normalized spacial score (nSPS) is 11.2. The third kappa shape index (κ3) is 4.50. The highest BCUT2D eigenvalue weighted by Crippen LogP contribution is 2.18. The lowest BCUT2D eigenvalue weighted by molar-refractivity contribution is -0.141. The monoisotopic (exact) mass is 292 g/mol. The Morgan fingerprint density at radius 1 is 1.30 bits per heavy atom. The summed E-state index contributed by atoms with van der Waals surface area (Å²) in [7, 11) is 0. The molecule has 1 aromatic rings. The number of amides is 1. The number of aliphatic hydroxyl groups is 1. The van der Waals surface area contributed by atoms with Crippen molar-refractivity contribution in [3.63, 3.8) is 0 Å². The number of carbonyl (C=O) groups is 2. The van der Waals surface area contributed by atoms with Crippen LogP contribution in [-0.4, -0.2) is 57.8 Å². The number of halogens is 3. The maximum atomic E-state index is 12.3. The molecular weight excluding hydrogens is 281 g/mol. The fourth-order valence-electron chi connectivity index (χ4n) is 1.42. The van der Waals surface area contributed by atoms with Gasteiger partial charge in [0.1, 0.15) is 12.2 Å². The molecular formula is C11H11F3N2O4. The topological polar surface area (TPSA) is 90.7 Å². The van der Waals surface area contributed by atoms with E-state index >= 15 is 0 Å². The lowest BCUT2D eigenvalue weighted by Gasteiger charge is -2.22. The van der Waals surface area contributed by atoms with Crippen LogP contribution in [0.4, 0.5) is 13.2 Å². The van der Waals surface area contributed by atoms with Crippen LogP contribution in [0.3, 0.4) is 0 Å². The Balaban J connectivity index is 2.91. The highest BCUT2D eigenvalue weighted by atomic mass is 19.4. The SMILES string of the molecule is O=C(O)c1ccc(C(=O)N(CCO)CC(F)(F)F)cn1. The summed E-state index contributed by atoms with van der Waals surface area (Å²) in [6.07, 6.45) is -3.72. The Hall–Kier alpha value is -2.16. The van der Waals surface area contributed by atoms with Gasteiger partial charge in [-0.2, -0.15) is 13.2 Å². The van der Waals surface area contributed by atoms with Gasteiger partial charge in [-0.15, -0.1) is 0 Å². The summed E-state index contributed by atoms with van der Waals surface area (Å²) in [5.41, 5.74) is -0.515. The van der Waals surface area contributed by atoms with Crippen LogP contribution in [0.25, 0.3) is 0 Å². The first kappa shape index (κ1) is 15.9. The molecule has 0 aliphatic carbocycles. The molecule has 0 unspecified atom stereocenters. The minimum Gasteiger partial charge on any atom is -0.477 e. The van der Waals surface area contributed by atoms with Crippen LogP contribution in [-0.2, 0) is 0 Å². The molecule has 0 aromatic carbocycles. The number of rotatable bonds is 5. The molecule has 1 aromatic heterocycles. The number of pyridine rings is 1. The van der Waals surface area contributed by atoms with E-state index in [1.54, 1.807) is 0 Å². The van der Waals surface area contributed by atoms with Gasteiger partial charge in [0.2, 0.25) is 0 Å². The van der Waals surface area contributed by atoms with Gasteiger partial charge in [-0.3, -0.25) is 4.79 Å². The van der Waals surface area contributed by atoms with E-state index in [0.717, 1.165) is 18.3 Å². The number of alkyl halides is 3. The molecule has 20 heavy (non-hydrogen) atoms. The van der Waals surface area contributed by atoms with Gasteiger partial charge < -0.3 is 15.1 Å². The molecule has 0 aliphatic rings. The molecule has 0 radical (unpaired) electrons. The minimum absolute atomic E-state index is 0.187. The van der Waals surface area contributed by atoms with Gasteiger partial charge in [0, 0.05) is 12.7 Å². The first-order valence-electron chi connectivity index (χ1n) is 5.41. The van der Waals surface area contributed by atoms with Crippen LogP contribution < -0.4 is 0 Å². The van der Waals surface area contributed by atoms with E-state index in [1.165, 1.54) is 0 Å². The molecule has 1 amide bonds. The van der Waals surface area contributed by atoms with Crippen molar-refractivity contribution in [3.05, 3.63) is 29.6 Å². The number of aromatic carboxylic acids is 1. The van der Waals surface area contributed by atoms with Gasteiger partial charge in [0.25, 0.3) is 5.91 Å². The zero-order valence-electron chi connectivity index (χ0n) is 10.1. The second-order valence-electron chi connectivity index (χ2n) is 3.80. The van der Waals surface area contributed by atoms with Crippen LogP contribution in [0.2, 0.25) is 0 Å². The molecule has 0 fully saturated rings. The number of aromatic nitrogens is 1. The zero-order chi connectivity index (χ0) is 15.3. The molecule has 6 nitrogen and oxygen atoms in total. The second kappa shape index (κ2) is 6.33. The molecule has 0 saturated carbocycles. The summed E-state index contributed by atoms with van der Waals surface area (Å²) in [5.74, 6) is -2.30. The van der Waals surface area contributed by atoms with Crippen LogP contribution in [0, 0.1) is 0 Å². The van der Waals surface area contributed by atoms with Crippen molar-refractivity contribution < 1.29 is 33.0 Å². The summed E-state index contributed by atoms with van der Waals surface area (Å²) >= 11 is 0. The predicted octanol–water partition coefficient (Wildman–Crippen LogP) is 0.777. The summed E-state index contributed by atoms with van der Waals surface area (Å²) in [6.45, 7) is -2.62. The third-order valence-electron chi connectivity index (χ3n) is 2.26. The first-order valence-corrected chi connectivity index (χ1v) is 5.41. The van der Waals surface area contributed by atoms with Gasteiger partial charge in [0.05, 0.1) is 12.2 Å². The van der Waals surface area contributed by atoms with Gasteiger partial charge >= 0.3 is 12.1 Å². The van der Waals surface area contributed by atoms with E-state index < -0.39 is 37.7 Å². The Morgan fingerprint density at radius 3 is 2.35 bits per heavy atom. The first-order chi connectivity index (χ1) is 9.24. The number of aliphatic hydroxyl groups excluding tert-OH is 1. The molecule has 0 bridgehead atoms. The van der Waals surface area contributed by atoms with Crippen molar-refractivity contribution in [1.82, 2.24) is 9.88 Å². The van der Waals surface area contributed by atoms with Gasteiger partial charge in [-0.05, 0) is 12.1 Å². The Bertz CT molecular complexity index is 487. The summed E-state index contributed by atoms with van der Waals surface area (Å²) in [5, 5.41) is 17.3. The molecule has 9 heteroatoms. The van der Waals surface area contributed by atoms with Crippen LogP contribution in [0.5, 0.6) is 0 Å². The van der Waals surface area contributed by atoms with E-state index in [9.17, 15) is 22.8 Å². The van der Waals surface area contributed by atoms with Crippen LogP contribution in [0.15, 0.2) is 18.3 Å². The summed E-state index contributed by atoms with van der Waals surface area (Å²) in [6, 6.07) is 2.08. The lowest BCUT2D eigenvalue weighted by atomic mass is 10.2. The fourth-order valence-corrected chi connectivity index (χ4v) is 1.42. The van der Waals surface area contributed by atoms with Gasteiger partial charge in [-0.1, -0.05) is 0 Å². The van der Waals surface area contributed by atoms with Crippen LogP contribution in [0.1, 0.15) is 20.8 Å². The Morgan fingerprint density at radius 2 is 1.95 bits per heavy atom. The highest BCUT2D eigenvalue weighted by molar-refractivity contribution is 5.94.